The molecule has 0 aliphatic rings. The van der Waals surface area contributed by atoms with E-state index in [0.717, 1.165) is 15.6 Å². The van der Waals surface area contributed by atoms with Gasteiger partial charge in [-0.2, -0.15) is 0 Å². The van der Waals surface area contributed by atoms with E-state index in [1.165, 1.54) is 0 Å². The van der Waals surface area contributed by atoms with E-state index in [-0.39, 0.29) is 12.0 Å². The number of carbonyl (C=O) groups excluding carboxylic acids is 1. The number of nitrogens with two attached hydrogens (primary N) is 1. The molecule has 2 unspecified atom stereocenters. The van der Waals surface area contributed by atoms with E-state index in [9.17, 15) is 4.79 Å². The smallest absolute Gasteiger partial charge is 0.347 e. The SMILES string of the molecule is CCOC(=O)C(C)Oc1c(C)cc(Br)cc1CC(C)N. The van der Waals surface area contributed by atoms with Gasteiger partial charge in [-0.3, -0.25) is 0 Å². The van der Waals surface area contributed by atoms with Crippen LogP contribution in [0.5, 0.6) is 5.75 Å². The van der Waals surface area contributed by atoms with Crippen LogP contribution in [-0.4, -0.2) is 24.7 Å². The second-order valence-corrected chi connectivity index (χ2v) is 5.82. The number of aryl methyl sites for hydroxylation is 1. The monoisotopic (exact) mass is 343 g/mol. The van der Waals surface area contributed by atoms with Crippen molar-refractivity contribution in [1.29, 1.82) is 0 Å². The highest BCUT2D eigenvalue weighted by Crippen LogP contribution is 2.30. The molecule has 1 aromatic rings. The first-order chi connectivity index (χ1) is 9.35. The van der Waals surface area contributed by atoms with Crippen molar-refractivity contribution in [3.05, 3.63) is 27.7 Å². The van der Waals surface area contributed by atoms with Crippen molar-refractivity contribution in [3.63, 3.8) is 0 Å². The normalized spacial score (nSPS) is 13.7. The number of esters is 1. The molecule has 0 radical (unpaired) electrons. The minimum Gasteiger partial charge on any atom is -0.478 e. The fourth-order valence-corrected chi connectivity index (χ4v) is 2.57. The summed E-state index contributed by atoms with van der Waals surface area (Å²) in [6, 6.07) is 3.95. The molecule has 0 amide bonds. The molecular weight excluding hydrogens is 322 g/mol. The summed E-state index contributed by atoms with van der Waals surface area (Å²) in [5.41, 5.74) is 7.82. The second kappa shape index (κ2) is 7.64. The zero-order valence-electron chi connectivity index (χ0n) is 12.4. The lowest BCUT2D eigenvalue weighted by Gasteiger charge is -2.19. The molecule has 0 saturated carbocycles. The highest BCUT2D eigenvalue weighted by atomic mass is 79.9. The van der Waals surface area contributed by atoms with Gasteiger partial charge in [-0.15, -0.1) is 0 Å². The van der Waals surface area contributed by atoms with Crippen molar-refractivity contribution >= 4 is 21.9 Å². The van der Waals surface area contributed by atoms with Crippen LogP contribution in [-0.2, 0) is 16.0 Å². The van der Waals surface area contributed by atoms with Crippen LogP contribution < -0.4 is 10.5 Å². The molecule has 0 aliphatic carbocycles. The lowest BCUT2D eigenvalue weighted by molar-refractivity contribution is -0.150. The van der Waals surface area contributed by atoms with Crippen molar-refractivity contribution in [2.24, 2.45) is 5.73 Å². The summed E-state index contributed by atoms with van der Waals surface area (Å²) in [4.78, 5) is 11.7. The first kappa shape index (κ1) is 17.0. The summed E-state index contributed by atoms with van der Waals surface area (Å²) in [6.45, 7) is 7.70. The van der Waals surface area contributed by atoms with Crippen molar-refractivity contribution < 1.29 is 14.3 Å². The van der Waals surface area contributed by atoms with Gasteiger partial charge in [0.15, 0.2) is 6.10 Å². The van der Waals surface area contributed by atoms with Crippen molar-refractivity contribution in [2.75, 3.05) is 6.61 Å². The van der Waals surface area contributed by atoms with Gasteiger partial charge >= 0.3 is 5.97 Å². The first-order valence-corrected chi connectivity index (χ1v) is 7.52. The van der Waals surface area contributed by atoms with Gasteiger partial charge in [0.2, 0.25) is 0 Å². The molecule has 2 N–H and O–H groups in total. The minimum atomic E-state index is -0.637. The van der Waals surface area contributed by atoms with E-state index >= 15 is 0 Å². The predicted molar refractivity (Wildman–Crippen MR) is 83.0 cm³/mol. The highest BCUT2D eigenvalue weighted by Gasteiger charge is 2.19. The zero-order valence-corrected chi connectivity index (χ0v) is 14.0. The number of ether oxygens (including phenoxy) is 2. The molecule has 0 saturated heterocycles. The second-order valence-electron chi connectivity index (χ2n) is 4.90. The lowest BCUT2D eigenvalue weighted by atomic mass is 10.0. The average Bonchev–Trinajstić information content (AvgIpc) is 2.32. The van der Waals surface area contributed by atoms with Crippen molar-refractivity contribution in [3.8, 4) is 5.75 Å². The summed E-state index contributed by atoms with van der Waals surface area (Å²) in [7, 11) is 0. The third kappa shape index (κ3) is 4.80. The summed E-state index contributed by atoms with van der Waals surface area (Å²) in [5.74, 6) is 0.354. The van der Waals surface area contributed by atoms with E-state index < -0.39 is 6.10 Å². The maximum atomic E-state index is 11.7. The number of hydrogen-bond acceptors (Lipinski definition) is 4. The third-order valence-corrected chi connectivity index (χ3v) is 3.23. The average molecular weight is 344 g/mol. The molecular formula is C15H22BrNO3. The molecule has 4 nitrogen and oxygen atoms in total. The van der Waals surface area contributed by atoms with Crippen LogP contribution in [0.25, 0.3) is 0 Å². The van der Waals surface area contributed by atoms with Gasteiger partial charge < -0.3 is 15.2 Å². The van der Waals surface area contributed by atoms with Crippen LogP contribution in [0.4, 0.5) is 0 Å². The Morgan fingerprint density at radius 2 is 2.05 bits per heavy atom. The Morgan fingerprint density at radius 1 is 1.40 bits per heavy atom. The van der Waals surface area contributed by atoms with E-state index in [1.807, 2.05) is 26.0 Å². The van der Waals surface area contributed by atoms with Gasteiger partial charge in [0.1, 0.15) is 5.75 Å². The number of halogens is 1. The largest absolute Gasteiger partial charge is 0.478 e. The molecule has 0 fully saturated rings. The van der Waals surface area contributed by atoms with Gasteiger partial charge in [-0.25, -0.2) is 4.79 Å². The third-order valence-electron chi connectivity index (χ3n) is 2.77. The molecule has 0 aliphatic heterocycles. The summed E-state index contributed by atoms with van der Waals surface area (Å²) in [6.07, 6.45) is 0.0483. The Morgan fingerprint density at radius 3 is 2.60 bits per heavy atom. The first-order valence-electron chi connectivity index (χ1n) is 6.73. The number of hydrogen-bond donors (Lipinski definition) is 1. The summed E-state index contributed by atoms with van der Waals surface area (Å²) >= 11 is 3.47. The fourth-order valence-electron chi connectivity index (χ4n) is 1.95. The molecule has 0 heterocycles. The Kier molecular flexibility index (Phi) is 6.49. The summed E-state index contributed by atoms with van der Waals surface area (Å²) < 4.78 is 11.7. The predicted octanol–water partition coefficient (Wildman–Crippen LogP) is 2.98. The van der Waals surface area contributed by atoms with Crippen LogP contribution in [0.2, 0.25) is 0 Å². The van der Waals surface area contributed by atoms with Crippen LogP contribution in [0.15, 0.2) is 16.6 Å². The Labute approximate surface area is 128 Å². The molecule has 0 bridgehead atoms. The van der Waals surface area contributed by atoms with Gasteiger partial charge in [-0.1, -0.05) is 15.9 Å². The highest BCUT2D eigenvalue weighted by molar-refractivity contribution is 9.10. The number of benzene rings is 1. The van der Waals surface area contributed by atoms with Gasteiger partial charge in [0.05, 0.1) is 6.61 Å². The maximum absolute atomic E-state index is 11.7. The summed E-state index contributed by atoms with van der Waals surface area (Å²) in [5, 5.41) is 0. The Balaban J connectivity index is 3.00. The number of rotatable bonds is 6. The van der Waals surface area contributed by atoms with Crippen LogP contribution >= 0.6 is 15.9 Å². The molecule has 112 valence electrons. The Hall–Kier alpha value is -1.07. The number of carbonyl (C=O) groups is 1. The fraction of sp³-hybridized carbons (Fsp3) is 0.533. The van der Waals surface area contributed by atoms with Gasteiger partial charge in [0, 0.05) is 10.5 Å². The Bertz CT molecular complexity index is 474. The molecule has 0 aromatic heterocycles. The molecule has 20 heavy (non-hydrogen) atoms. The minimum absolute atomic E-state index is 0.0175. The van der Waals surface area contributed by atoms with Crippen molar-refractivity contribution in [1.82, 2.24) is 0 Å². The molecule has 1 aromatic carbocycles. The molecule has 1 rings (SSSR count). The lowest BCUT2D eigenvalue weighted by Crippen LogP contribution is -2.27. The standard InChI is InChI=1S/C15H22BrNO3/c1-5-19-15(18)11(4)20-14-9(2)6-13(16)8-12(14)7-10(3)17/h6,8,10-11H,5,7,17H2,1-4H3. The van der Waals surface area contributed by atoms with E-state index in [0.29, 0.717) is 18.8 Å². The van der Waals surface area contributed by atoms with E-state index in [1.54, 1.807) is 13.8 Å². The maximum Gasteiger partial charge on any atom is 0.347 e. The van der Waals surface area contributed by atoms with Crippen molar-refractivity contribution in [2.45, 2.75) is 46.3 Å². The van der Waals surface area contributed by atoms with Crippen LogP contribution in [0.1, 0.15) is 31.9 Å². The van der Waals surface area contributed by atoms with Crippen LogP contribution in [0, 0.1) is 6.92 Å². The molecule has 0 spiro atoms. The van der Waals surface area contributed by atoms with Gasteiger partial charge in [-0.05, 0) is 57.4 Å². The van der Waals surface area contributed by atoms with Crippen LogP contribution in [0.3, 0.4) is 0 Å². The van der Waals surface area contributed by atoms with E-state index in [2.05, 4.69) is 15.9 Å². The molecule has 5 heteroatoms. The molecule has 2 atom stereocenters. The quantitative estimate of drug-likeness (QED) is 0.806. The topological polar surface area (TPSA) is 61.5 Å². The van der Waals surface area contributed by atoms with Gasteiger partial charge in [0.25, 0.3) is 0 Å². The zero-order chi connectivity index (χ0) is 15.3. The van der Waals surface area contributed by atoms with E-state index in [4.69, 9.17) is 15.2 Å².